The topological polar surface area (TPSA) is 3.24 Å². The Morgan fingerprint density at radius 2 is 1.74 bits per heavy atom. The van der Waals surface area contributed by atoms with Gasteiger partial charge < -0.3 is 4.90 Å². The Bertz CT molecular complexity index is 711. The molecule has 2 aromatic carbocycles. The molecular weight excluding hydrogens is 294 g/mol. The number of fused-ring (bicyclic) bond motifs is 3. The summed E-state index contributed by atoms with van der Waals surface area (Å²) < 4.78 is 0. The maximum absolute atomic E-state index is 2.69. The highest BCUT2D eigenvalue weighted by Crippen LogP contribution is 2.48. The van der Waals surface area contributed by atoms with Gasteiger partial charge in [-0.25, -0.2) is 0 Å². The van der Waals surface area contributed by atoms with Gasteiger partial charge in [-0.2, -0.15) is 0 Å². The lowest BCUT2D eigenvalue weighted by Gasteiger charge is -2.32. The van der Waals surface area contributed by atoms with Gasteiger partial charge >= 0.3 is 0 Å². The summed E-state index contributed by atoms with van der Waals surface area (Å²) in [7, 11) is -0.959. The molecule has 0 N–H and O–H groups in total. The first-order valence-electron chi connectivity index (χ1n) is 9.01. The third kappa shape index (κ3) is 2.94. The van der Waals surface area contributed by atoms with Gasteiger partial charge in [-0.05, 0) is 24.3 Å². The van der Waals surface area contributed by atoms with Crippen molar-refractivity contribution in [1.82, 2.24) is 0 Å². The number of hydrogen-bond acceptors (Lipinski definition) is 1. The number of benzene rings is 2. The van der Waals surface area contributed by atoms with E-state index < -0.39 is 8.07 Å². The van der Waals surface area contributed by atoms with Crippen molar-refractivity contribution in [2.45, 2.75) is 64.3 Å². The van der Waals surface area contributed by atoms with Crippen molar-refractivity contribution in [3.05, 3.63) is 42.0 Å². The van der Waals surface area contributed by atoms with Crippen LogP contribution >= 0.6 is 0 Å². The van der Waals surface area contributed by atoms with E-state index in [0.29, 0.717) is 6.04 Å². The lowest BCUT2D eigenvalue weighted by molar-refractivity contribution is 0.441. The van der Waals surface area contributed by atoms with Crippen LogP contribution in [0, 0.1) is 0 Å². The molecule has 1 atom stereocenters. The second kappa shape index (κ2) is 5.66. The van der Waals surface area contributed by atoms with Crippen LogP contribution in [0.25, 0.3) is 10.8 Å². The second-order valence-electron chi connectivity index (χ2n) is 8.94. The fraction of sp³-hybridized carbons (Fsp3) is 0.524. The zero-order valence-electron chi connectivity index (χ0n) is 15.6. The monoisotopic (exact) mass is 325 g/mol. The van der Waals surface area contributed by atoms with Gasteiger partial charge in [0.1, 0.15) is 0 Å². The van der Waals surface area contributed by atoms with Crippen molar-refractivity contribution in [3.63, 3.8) is 0 Å². The van der Waals surface area contributed by atoms with Crippen LogP contribution in [-0.2, 0) is 5.41 Å². The fourth-order valence-corrected chi connectivity index (χ4v) is 5.20. The normalized spacial score (nSPS) is 20.1. The van der Waals surface area contributed by atoms with Crippen LogP contribution in [0.15, 0.2) is 36.4 Å². The lowest BCUT2D eigenvalue weighted by Crippen LogP contribution is -2.39. The van der Waals surface area contributed by atoms with Gasteiger partial charge in [0.05, 0.1) is 0 Å². The molecule has 0 aliphatic carbocycles. The van der Waals surface area contributed by atoms with E-state index in [-0.39, 0.29) is 5.41 Å². The highest BCUT2D eigenvalue weighted by molar-refractivity contribution is 6.76. The minimum Gasteiger partial charge on any atom is -0.367 e. The lowest BCUT2D eigenvalue weighted by atomic mass is 9.81. The smallest absolute Gasteiger partial charge is 0.0487 e. The average Bonchev–Trinajstić information content (AvgIpc) is 2.67. The minimum atomic E-state index is -0.959. The second-order valence-corrected chi connectivity index (χ2v) is 14.6. The van der Waals surface area contributed by atoms with Crippen LogP contribution in [0.2, 0.25) is 25.7 Å². The summed E-state index contributed by atoms with van der Waals surface area (Å²) in [6.45, 7) is 15.8. The number of rotatable bonds is 4. The number of hydrogen-bond donors (Lipinski definition) is 0. The quantitative estimate of drug-likeness (QED) is 0.618. The van der Waals surface area contributed by atoms with Crippen LogP contribution in [0.5, 0.6) is 0 Å². The zero-order chi connectivity index (χ0) is 16.8. The zero-order valence-corrected chi connectivity index (χ0v) is 16.6. The summed E-state index contributed by atoms with van der Waals surface area (Å²) >= 11 is 0. The Morgan fingerprint density at radius 3 is 2.43 bits per heavy atom. The molecule has 2 heteroatoms. The van der Waals surface area contributed by atoms with Gasteiger partial charge in [-0.1, -0.05) is 75.9 Å². The Labute approximate surface area is 142 Å². The van der Waals surface area contributed by atoms with Gasteiger partial charge in [0.25, 0.3) is 0 Å². The summed E-state index contributed by atoms with van der Waals surface area (Å²) in [5.41, 5.74) is 3.24. The van der Waals surface area contributed by atoms with Crippen LogP contribution < -0.4 is 4.90 Å². The van der Waals surface area contributed by atoms with E-state index in [2.05, 4.69) is 81.7 Å². The van der Waals surface area contributed by atoms with E-state index in [4.69, 9.17) is 0 Å². The predicted octanol–water partition coefficient (Wildman–Crippen LogP) is 6.05. The van der Waals surface area contributed by atoms with Crippen molar-refractivity contribution in [2.24, 2.45) is 0 Å². The highest BCUT2D eigenvalue weighted by Gasteiger charge is 2.42. The summed E-state index contributed by atoms with van der Waals surface area (Å²) in [5.74, 6) is 0. The third-order valence-corrected chi connectivity index (χ3v) is 7.57. The first-order valence-corrected chi connectivity index (χ1v) is 12.7. The third-order valence-electron chi connectivity index (χ3n) is 5.72. The van der Waals surface area contributed by atoms with E-state index in [1.54, 1.807) is 0 Å². The van der Waals surface area contributed by atoms with Crippen molar-refractivity contribution in [2.75, 3.05) is 11.4 Å². The number of nitrogens with zero attached hydrogens (tertiary/aromatic N) is 1. The van der Waals surface area contributed by atoms with Crippen LogP contribution in [-0.4, -0.2) is 20.7 Å². The summed E-state index contributed by atoms with van der Waals surface area (Å²) in [6, 6.07) is 15.5. The largest absolute Gasteiger partial charge is 0.367 e. The molecule has 1 nitrogen and oxygen atoms in total. The molecule has 1 aliphatic heterocycles. The molecule has 2 aromatic rings. The summed E-state index contributed by atoms with van der Waals surface area (Å²) in [6.07, 6.45) is 1.32. The molecule has 0 bridgehead atoms. The number of anilines is 1. The van der Waals surface area contributed by atoms with E-state index in [1.165, 1.54) is 41.0 Å². The first-order chi connectivity index (χ1) is 10.7. The Hall–Kier alpha value is -1.28. The fourth-order valence-electron chi connectivity index (χ4n) is 3.98. The van der Waals surface area contributed by atoms with E-state index in [0.717, 1.165) is 0 Å². The minimum absolute atomic E-state index is 0.221. The Balaban J connectivity index is 2.01. The van der Waals surface area contributed by atoms with Crippen molar-refractivity contribution >= 4 is 24.5 Å². The molecule has 23 heavy (non-hydrogen) atoms. The highest BCUT2D eigenvalue weighted by atomic mass is 28.3. The molecular formula is C21H31NSi. The van der Waals surface area contributed by atoms with Crippen molar-refractivity contribution in [3.8, 4) is 0 Å². The molecule has 0 spiro atoms. The van der Waals surface area contributed by atoms with Crippen molar-refractivity contribution in [1.29, 1.82) is 0 Å². The maximum Gasteiger partial charge on any atom is 0.0487 e. The SMILES string of the molecule is CC1N(CCC[Si](C)(C)C)c2c(ccc3ccccc23)C1(C)C. The molecule has 124 valence electrons. The first kappa shape index (κ1) is 16.6. The average molecular weight is 326 g/mol. The van der Waals surface area contributed by atoms with Gasteiger partial charge in [0.2, 0.25) is 0 Å². The molecule has 3 rings (SSSR count). The van der Waals surface area contributed by atoms with Gasteiger partial charge in [-0.15, -0.1) is 0 Å². The van der Waals surface area contributed by atoms with Crippen LogP contribution in [0.3, 0.4) is 0 Å². The molecule has 0 saturated heterocycles. The van der Waals surface area contributed by atoms with Crippen LogP contribution in [0.1, 0.15) is 32.8 Å². The molecule has 0 radical (unpaired) electrons. The summed E-state index contributed by atoms with van der Waals surface area (Å²) in [4.78, 5) is 2.69. The molecule has 1 unspecified atom stereocenters. The summed E-state index contributed by atoms with van der Waals surface area (Å²) in [5, 5.41) is 2.79. The predicted molar refractivity (Wildman–Crippen MR) is 107 cm³/mol. The maximum atomic E-state index is 2.69. The van der Waals surface area contributed by atoms with Gasteiger partial charge in [0.15, 0.2) is 0 Å². The molecule has 0 fully saturated rings. The molecule has 1 aliphatic rings. The molecule has 0 saturated carbocycles. The van der Waals surface area contributed by atoms with E-state index in [9.17, 15) is 0 Å². The van der Waals surface area contributed by atoms with E-state index >= 15 is 0 Å². The van der Waals surface area contributed by atoms with Crippen molar-refractivity contribution < 1.29 is 0 Å². The molecule has 0 aromatic heterocycles. The standard InChI is InChI=1S/C21H31NSi/c1-16-21(2,3)19-13-12-17-10-7-8-11-18(17)20(19)22(16)14-9-15-23(4,5)6/h7-8,10-13,16H,9,14-15H2,1-6H3. The Kier molecular flexibility index (Phi) is 4.08. The molecule has 1 heterocycles. The van der Waals surface area contributed by atoms with Gasteiger partial charge in [-0.3, -0.25) is 0 Å². The van der Waals surface area contributed by atoms with Gasteiger partial charge in [0, 0.05) is 37.1 Å². The molecule has 0 amide bonds. The van der Waals surface area contributed by atoms with Crippen LogP contribution in [0.4, 0.5) is 5.69 Å². The Morgan fingerprint density at radius 1 is 1.04 bits per heavy atom. The van der Waals surface area contributed by atoms with E-state index in [1.807, 2.05) is 0 Å².